The molecule has 0 spiro atoms. The summed E-state index contributed by atoms with van der Waals surface area (Å²) in [5.74, 6) is 0. The van der Waals surface area contributed by atoms with Crippen LogP contribution < -0.4 is 0 Å². The Morgan fingerprint density at radius 3 is 1.47 bits per heavy atom. The van der Waals surface area contributed by atoms with Gasteiger partial charge in [-0.05, 0) is 16.6 Å². The van der Waals surface area contributed by atoms with E-state index >= 15 is 0 Å². The molecular formula is C7N12. The fraction of sp³-hybridized carbons (Fsp3) is 0. The minimum absolute atomic E-state index is 0.413. The molecule has 1 rings (SSSR count). The van der Waals surface area contributed by atoms with Crippen molar-refractivity contribution in [2.45, 2.75) is 0 Å². The molecule has 1 aromatic heterocycles. The molecule has 1 heterocycles. The SMILES string of the molecule is N#Cc1nc(C#N)c(N=[N+]=[N-])c(N=[N+]=[N-])c1N=[N+]=[N-]. The van der Waals surface area contributed by atoms with Gasteiger partial charge in [0, 0.05) is 14.7 Å². The van der Waals surface area contributed by atoms with E-state index in [1.807, 2.05) is 0 Å². The Bertz CT molecular complexity index is 702. The highest BCUT2D eigenvalue weighted by molar-refractivity contribution is 5.81. The smallest absolute Gasteiger partial charge is 0.152 e. The van der Waals surface area contributed by atoms with E-state index in [1.54, 1.807) is 12.1 Å². The Hall–Kier alpha value is -3.94. The van der Waals surface area contributed by atoms with Crippen molar-refractivity contribution in [2.75, 3.05) is 0 Å². The third kappa shape index (κ3) is 2.42. The molecule has 0 saturated heterocycles. The third-order valence-electron chi connectivity index (χ3n) is 1.77. The van der Waals surface area contributed by atoms with E-state index in [9.17, 15) is 0 Å². The van der Waals surface area contributed by atoms with Crippen LogP contribution in [0.15, 0.2) is 15.3 Å². The first kappa shape index (κ1) is 13.1. The first-order chi connectivity index (χ1) is 9.23. The van der Waals surface area contributed by atoms with Crippen LogP contribution in [0.3, 0.4) is 0 Å². The summed E-state index contributed by atoms with van der Waals surface area (Å²) in [6, 6.07) is 3.16. The molecule has 12 heteroatoms. The van der Waals surface area contributed by atoms with E-state index in [0.29, 0.717) is 0 Å². The van der Waals surface area contributed by atoms with E-state index in [1.165, 1.54) is 0 Å². The molecule has 0 atom stereocenters. The van der Waals surface area contributed by atoms with Gasteiger partial charge < -0.3 is 0 Å². The van der Waals surface area contributed by atoms with E-state index in [-0.39, 0.29) is 0 Å². The van der Waals surface area contributed by atoms with Gasteiger partial charge in [-0.25, -0.2) is 4.98 Å². The molecule has 88 valence electrons. The van der Waals surface area contributed by atoms with Crippen molar-refractivity contribution in [2.24, 2.45) is 15.3 Å². The second-order valence-electron chi connectivity index (χ2n) is 2.65. The number of nitrogens with zero attached hydrogens (tertiary/aromatic N) is 12. The average molecular weight is 252 g/mol. The third-order valence-corrected chi connectivity index (χ3v) is 1.77. The highest BCUT2D eigenvalue weighted by Crippen LogP contribution is 2.41. The summed E-state index contributed by atoms with van der Waals surface area (Å²) in [4.78, 5) is 10.9. The molecule has 0 saturated carbocycles. The molecule has 12 nitrogen and oxygen atoms in total. The van der Waals surface area contributed by atoms with Crippen LogP contribution in [0.1, 0.15) is 11.4 Å². The van der Waals surface area contributed by atoms with Gasteiger partial charge in [-0.15, -0.1) is 0 Å². The van der Waals surface area contributed by atoms with E-state index in [0.717, 1.165) is 0 Å². The summed E-state index contributed by atoms with van der Waals surface area (Å²) in [7, 11) is 0. The van der Waals surface area contributed by atoms with Crippen LogP contribution in [0.4, 0.5) is 17.1 Å². The van der Waals surface area contributed by atoms with Crippen LogP contribution in [-0.2, 0) is 0 Å². The molecular weight excluding hydrogens is 252 g/mol. The lowest BCUT2D eigenvalue weighted by Gasteiger charge is -2.05. The molecule has 0 amide bonds. The molecule has 0 aromatic carbocycles. The molecule has 0 aliphatic heterocycles. The van der Waals surface area contributed by atoms with Crippen molar-refractivity contribution < 1.29 is 0 Å². The van der Waals surface area contributed by atoms with Crippen LogP contribution in [0.5, 0.6) is 0 Å². The lowest BCUT2D eigenvalue weighted by Crippen LogP contribution is -1.90. The first-order valence-electron chi connectivity index (χ1n) is 4.27. The van der Waals surface area contributed by atoms with Crippen molar-refractivity contribution in [3.8, 4) is 12.1 Å². The second kappa shape index (κ2) is 5.96. The van der Waals surface area contributed by atoms with Crippen LogP contribution in [-0.4, -0.2) is 4.98 Å². The Labute approximate surface area is 104 Å². The normalized spacial score (nSPS) is 7.89. The number of aromatic nitrogens is 1. The Balaban J connectivity index is 4.02. The topological polar surface area (TPSA) is 207 Å². The molecule has 1 aromatic rings. The lowest BCUT2D eigenvalue weighted by molar-refractivity contribution is 1.18. The van der Waals surface area contributed by atoms with Gasteiger partial charge in [-0.3, -0.25) is 0 Å². The maximum Gasteiger partial charge on any atom is 0.152 e. The van der Waals surface area contributed by atoms with E-state index < -0.39 is 28.5 Å². The fourth-order valence-electron chi connectivity index (χ4n) is 1.13. The average Bonchev–Trinajstić information content (AvgIpc) is 2.43. The van der Waals surface area contributed by atoms with Gasteiger partial charge in [0.05, 0.1) is 17.1 Å². The van der Waals surface area contributed by atoms with Crippen LogP contribution >= 0.6 is 0 Å². The number of rotatable bonds is 3. The molecule has 0 aliphatic carbocycles. The highest BCUT2D eigenvalue weighted by Gasteiger charge is 2.17. The first-order valence-corrected chi connectivity index (χ1v) is 4.27. The Morgan fingerprint density at radius 2 is 1.16 bits per heavy atom. The number of azide groups is 3. The monoisotopic (exact) mass is 252 g/mol. The number of hydrogen-bond donors (Lipinski definition) is 0. The molecule has 0 N–H and O–H groups in total. The largest absolute Gasteiger partial charge is 0.225 e. The Morgan fingerprint density at radius 1 is 0.789 bits per heavy atom. The standard InChI is InChI=1S/C7N12/c8-1-3-5(14-17-10)7(16-19-12)6(15-18-11)4(2-9)13-3. The zero-order valence-corrected chi connectivity index (χ0v) is 8.87. The minimum atomic E-state index is -0.429. The van der Waals surface area contributed by atoms with Crippen LogP contribution in [0.2, 0.25) is 0 Å². The van der Waals surface area contributed by atoms with E-state index in [2.05, 4.69) is 35.1 Å². The summed E-state index contributed by atoms with van der Waals surface area (Å²) in [5, 5.41) is 27.1. The van der Waals surface area contributed by atoms with Crippen molar-refractivity contribution in [3.05, 3.63) is 42.7 Å². The van der Waals surface area contributed by atoms with Gasteiger partial charge in [0.1, 0.15) is 12.1 Å². The molecule has 0 aliphatic rings. The van der Waals surface area contributed by atoms with Gasteiger partial charge in [0.25, 0.3) is 0 Å². The van der Waals surface area contributed by atoms with Gasteiger partial charge in [0.15, 0.2) is 11.4 Å². The fourth-order valence-corrected chi connectivity index (χ4v) is 1.13. The van der Waals surface area contributed by atoms with Crippen molar-refractivity contribution >= 4 is 17.1 Å². The molecule has 19 heavy (non-hydrogen) atoms. The second-order valence-corrected chi connectivity index (χ2v) is 2.65. The summed E-state index contributed by atoms with van der Waals surface area (Å²) in [5.41, 5.74) is 23.1. The van der Waals surface area contributed by atoms with Gasteiger partial charge in [-0.2, -0.15) is 10.5 Å². The maximum absolute atomic E-state index is 8.84. The molecule has 0 fully saturated rings. The number of nitriles is 2. The van der Waals surface area contributed by atoms with Gasteiger partial charge in [-0.1, -0.05) is 15.3 Å². The van der Waals surface area contributed by atoms with Crippen molar-refractivity contribution in [3.63, 3.8) is 0 Å². The minimum Gasteiger partial charge on any atom is -0.225 e. The van der Waals surface area contributed by atoms with Crippen molar-refractivity contribution in [1.82, 2.24) is 4.98 Å². The highest BCUT2D eigenvalue weighted by atomic mass is 15.2. The van der Waals surface area contributed by atoms with Crippen molar-refractivity contribution in [1.29, 1.82) is 10.5 Å². The van der Waals surface area contributed by atoms with Crippen LogP contribution in [0.25, 0.3) is 31.3 Å². The molecule has 0 unspecified atom stereocenters. The molecule has 0 bridgehead atoms. The zero-order valence-electron chi connectivity index (χ0n) is 8.87. The predicted octanol–water partition coefficient (Wildman–Crippen LogP) is 3.65. The van der Waals surface area contributed by atoms with Gasteiger partial charge >= 0.3 is 0 Å². The summed E-state index contributed by atoms with van der Waals surface area (Å²) < 4.78 is 0. The van der Waals surface area contributed by atoms with E-state index in [4.69, 9.17) is 27.1 Å². The summed E-state index contributed by atoms with van der Waals surface area (Å²) in [6.45, 7) is 0. The Kier molecular flexibility index (Phi) is 4.12. The summed E-state index contributed by atoms with van der Waals surface area (Å²) in [6.07, 6.45) is 0. The maximum atomic E-state index is 8.84. The number of pyridine rings is 1. The quantitative estimate of drug-likeness (QED) is 0.448. The lowest BCUT2D eigenvalue weighted by atomic mass is 10.2. The predicted molar refractivity (Wildman–Crippen MR) is 60.1 cm³/mol. The van der Waals surface area contributed by atoms with Crippen LogP contribution in [0, 0.1) is 22.7 Å². The summed E-state index contributed by atoms with van der Waals surface area (Å²) >= 11 is 0. The zero-order chi connectivity index (χ0) is 14.3. The van der Waals surface area contributed by atoms with Gasteiger partial charge in [0.2, 0.25) is 0 Å². The number of hydrogen-bond acceptors (Lipinski definition) is 6. The molecule has 0 radical (unpaired) electrons.